The number of ether oxygens (including phenoxy) is 2. The number of aliphatic hydroxyl groups is 1. The van der Waals surface area contributed by atoms with E-state index in [9.17, 15) is 24.2 Å². The van der Waals surface area contributed by atoms with E-state index in [0.29, 0.717) is 30.3 Å². The maximum Gasteiger partial charge on any atom is 0.472 e. The van der Waals surface area contributed by atoms with Gasteiger partial charge in [-0.1, -0.05) is 164 Å². The molecule has 0 bridgehead atoms. The second-order valence-electron chi connectivity index (χ2n) is 17.3. The van der Waals surface area contributed by atoms with Gasteiger partial charge in [0.05, 0.1) is 33.9 Å². The van der Waals surface area contributed by atoms with Gasteiger partial charge in [0, 0.05) is 12.8 Å². The van der Waals surface area contributed by atoms with Gasteiger partial charge >= 0.3 is 19.8 Å². The summed E-state index contributed by atoms with van der Waals surface area (Å²) in [4.78, 5) is 35.5. The van der Waals surface area contributed by atoms with Crippen LogP contribution in [0.4, 0.5) is 0 Å². The Kier molecular flexibility index (Phi) is 40.6. The average molecular weight is 893 g/mol. The van der Waals surface area contributed by atoms with Crippen LogP contribution in [-0.4, -0.2) is 86.1 Å². The molecule has 0 fully saturated rings. The molecule has 0 heterocycles. The van der Waals surface area contributed by atoms with E-state index in [1.54, 1.807) is 12.2 Å². The van der Waals surface area contributed by atoms with Crippen molar-refractivity contribution in [3.05, 3.63) is 72.9 Å². The molecule has 0 aliphatic carbocycles. The second kappa shape index (κ2) is 42.4. The van der Waals surface area contributed by atoms with Gasteiger partial charge in [-0.25, -0.2) is 4.57 Å². The Bertz CT molecular complexity index is 1300. The van der Waals surface area contributed by atoms with Crippen molar-refractivity contribution in [3.8, 4) is 0 Å². The van der Waals surface area contributed by atoms with Crippen LogP contribution in [0.3, 0.4) is 0 Å². The fraction of sp³-hybridized carbons (Fsp3) is 0.725. The SMILES string of the molecule is CCCCCC/C=C\C/C=C\C/C=C\CCCCCCCCC(=O)OC[C@H](COP(=O)(O)OCC[N+](C)(C)C)OC(=O)CCCC(O)/C=C/C=C/C/C=C/CCCCCCCC. The number of nitrogens with zero attached hydrogens (tertiary/aromatic N) is 1. The molecule has 2 unspecified atom stereocenters. The summed E-state index contributed by atoms with van der Waals surface area (Å²) in [5, 5.41) is 10.3. The van der Waals surface area contributed by atoms with Crippen LogP contribution in [0.2, 0.25) is 0 Å². The molecular formula is C51H91NO9P+. The number of carbonyl (C=O) groups excluding carboxylic acids is 2. The quantitative estimate of drug-likeness (QED) is 0.0153. The Morgan fingerprint density at radius 1 is 0.581 bits per heavy atom. The lowest BCUT2D eigenvalue weighted by Crippen LogP contribution is -2.37. The van der Waals surface area contributed by atoms with Crippen molar-refractivity contribution in [2.24, 2.45) is 0 Å². The van der Waals surface area contributed by atoms with Gasteiger partial charge < -0.3 is 24.0 Å². The summed E-state index contributed by atoms with van der Waals surface area (Å²) in [6.07, 6.45) is 49.8. The fourth-order valence-corrected chi connectivity index (χ4v) is 6.95. The van der Waals surface area contributed by atoms with E-state index in [0.717, 1.165) is 64.2 Å². The third-order valence-electron chi connectivity index (χ3n) is 10.1. The highest BCUT2D eigenvalue weighted by Crippen LogP contribution is 2.43. The zero-order chi connectivity index (χ0) is 45.8. The standard InChI is InChI=1S/C51H90NO9P/c1-6-8-10-12-14-16-18-20-21-22-23-24-25-26-28-30-32-34-36-38-42-50(54)58-46-49(47-60-62(56,57)59-45-44-52(3,4)5)61-51(55)43-39-41-48(53)40-37-35-33-31-29-27-19-17-15-13-11-9-7-2/h16,18,21-22,24-25,27,29,33,35,37,40,48-49,53H,6-15,17,19-20,23,26,28,30-32,34,36,38-39,41-47H2,1-5H3/p+1/b18-16-,22-21-,25-24-,29-27+,35-33+,40-37+/t48?,49-/m1/s1. The van der Waals surface area contributed by atoms with Gasteiger partial charge in [-0.3, -0.25) is 18.6 Å². The number of quaternary nitrogens is 1. The average Bonchev–Trinajstić information content (AvgIpc) is 3.22. The van der Waals surface area contributed by atoms with Crippen molar-refractivity contribution >= 4 is 19.8 Å². The molecular weight excluding hydrogens is 802 g/mol. The number of phosphoric acid groups is 1. The highest BCUT2D eigenvalue weighted by molar-refractivity contribution is 7.47. The van der Waals surface area contributed by atoms with Crippen molar-refractivity contribution in [3.63, 3.8) is 0 Å². The first-order valence-electron chi connectivity index (χ1n) is 24.3. The number of allylic oxidation sites excluding steroid dienone is 11. The summed E-state index contributed by atoms with van der Waals surface area (Å²) in [5.41, 5.74) is 0. The lowest BCUT2D eigenvalue weighted by atomic mass is 10.1. The van der Waals surface area contributed by atoms with Crippen LogP contribution in [0.25, 0.3) is 0 Å². The zero-order valence-corrected chi connectivity index (χ0v) is 40.8. The van der Waals surface area contributed by atoms with Crippen LogP contribution in [0.15, 0.2) is 72.9 Å². The Labute approximate surface area is 379 Å². The van der Waals surface area contributed by atoms with Gasteiger partial charge in [0.1, 0.15) is 19.8 Å². The largest absolute Gasteiger partial charge is 0.472 e. The van der Waals surface area contributed by atoms with Crippen molar-refractivity contribution < 1.29 is 47.2 Å². The van der Waals surface area contributed by atoms with Gasteiger partial charge in [-0.15, -0.1) is 0 Å². The molecule has 0 saturated carbocycles. The highest BCUT2D eigenvalue weighted by atomic mass is 31.2. The van der Waals surface area contributed by atoms with Crippen LogP contribution in [0.5, 0.6) is 0 Å². The summed E-state index contributed by atoms with van der Waals surface area (Å²) in [7, 11) is 1.35. The third-order valence-corrected chi connectivity index (χ3v) is 11.0. The smallest absolute Gasteiger partial charge is 0.462 e. The Hall–Kier alpha value is -2.59. The maximum atomic E-state index is 12.7. The van der Waals surface area contributed by atoms with Gasteiger partial charge in [0.25, 0.3) is 0 Å². The number of unbranched alkanes of at least 4 members (excludes halogenated alkanes) is 16. The van der Waals surface area contributed by atoms with Crippen LogP contribution in [-0.2, 0) is 32.7 Å². The number of carbonyl (C=O) groups is 2. The number of esters is 2. The first-order valence-corrected chi connectivity index (χ1v) is 25.8. The number of aliphatic hydroxyl groups excluding tert-OH is 1. The molecule has 10 nitrogen and oxygen atoms in total. The summed E-state index contributed by atoms with van der Waals surface area (Å²) >= 11 is 0. The first kappa shape index (κ1) is 59.4. The molecule has 2 N–H and O–H groups in total. The maximum absolute atomic E-state index is 12.7. The van der Waals surface area contributed by atoms with Crippen LogP contribution in [0, 0.1) is 0 Å². The molecule has 0 rings (SSSR count). The number of phosphoric ester groups is 1. The van der Waals surface area contributed by atoms with E-state index in [1.165, 1.54) is 70.6 Å². The molecule has 0 aromatic heterocycles. The van der Waals surface area contributed by atoms with Crippen molar-refractivity contribution in [2.45, 2.75) is 193 Å². The van der Waals surface area contributed by atoms with E-state index in [4.69, 9.17) is 18.5 Å². The van der Waals surface area contributed by atoms with Crippen molar-refractivity contribution in [1.82, 2.24) is 0 Å². The zero-order valence-electron chi connectivity index (χ0n) is 39.9. The number of hydrogen-bond donors (Lipinski definition) is 2. The Morgan fingerprint density at radius 2 is 1.06 bits per heavy atom. The minimum Gasteiger partial charge on any atom is -0.462 e. The molecule has 0 aliphatic heterocycles. The third kappa shape index (κ3) is 45.4. The molecule has 62 heavy (non-hydrogen) atoms. The molecule has 0 aliphatic rings. The molecule has 11 heteroatoms. The molecule has 0 saturated heterocycles. The Morgan fingerprint density at radius 3 is 1.63 bits per heavy atom. The lowest BCUT2D eigenvalue weighted by molar-refractivity contribution is -0.870. The topological polar surface area (TPSA) is 129 Å². The first-order chi connectivity index (χ1) is 29.9. The molecule has 3 atom stereocenters. The van der Waals surface area contributed by atoms with Crippen LogP contribution < -0.4 is 0 Å². The van der Waals surface area contributed by atoms with E-state index < -0.39 is 38.6 Å². The molecule has 0 aromatic carbocycles. The van der Waals surface area contributed by atoms with Gasteiger partial charge in [0.2, 0.25) is 0 Å². The summed E-state index contributed by atoms with van der Waals surface area (Å²) < 4.78 is 34.2. The van der Waals surface area contributed by atoms with Crippen molar-refractivity contribution in [2.75, 3.05) is 47.5 Å². The normalized spacial score (nSPS) is 14.6. The molecule has 0 radical (unpaired) electrons. The lowest BCUT2D eigenvalue weighted by Gasteiger charge is -2.24. The summed E-state index contributed by atoms with van der Waals surface area (Å²) in [6.45, 7) is 4.15. The number of likely N-dealkylation sites (N-methyl/N-ethyl adjacent to an activating group) is 1. The number of hydrogen-bond acceptors (Lipinski definition) is 8. The molecule has 358 valence electrons. The summed E-state index contributed by atoms with van der Waals surface area (Å²) in [6, 6.07) is 0. The minimum atomic E-state index is -4.44. The van der Waals surface area contributed by atoms with E-state index in [1.807, 2.05) is 33.3 Å². The molecule has 0 amide bonds. The van der Waals surface area contributed by atoms with E-state index in [2.05, 4.69) is 62.5 Å². The van der Waals surface area contributed by atoms with Crippen molar-refractivity contribution in [1.29, 1.82) is 0 Å². The number of rotatable bonds is 43. The Balaban J connectivity index is 4.50. The molecule has 0 spiro atoms. The van der Waals surface area contributed by atoms with Gasteiger partial charge in [-0.05, 0) is 77.0 Å². The van der Waals surface area contributed by atoms with Gasteiger partial charge in [-0.2, -0.15) is 0 Å². The highest BCUT2D eigenvalue weighted by Gasteiger charge is 2.27. The predicted octanol–water partition coefficient (Wildman–Crippen LogP) is 13.2. The van der Waals surface area contributed by atoms with Crippen LogP contribution in [0.1, 0.15) is 181 Å². The van der Waals surface area contributed by atoms with E-state index >= 15 is 0 Å². The monoisotopic (exact) mass is 893 g/mol. The van der Waals surface area contributed by atoms with Crippen LogP contribution >= 0.6 is 7.82 Å². The molecule has 0 aromatic rings. The summed E-state index contributed by atoms with van der Waals surface area (Å²) in [5.74, 6) is -1.01. The second-order valence-corrected chi connectivity index (χ2v) is 18.8. The fourth-order valence-electron chi connectivity index (χ4n) is 6.21. The minimum absolute atomic E-state index is 0.00764. The predicted molar refractivity (Wildman–Crippen MR) is 258 cm³/mol. The van der Waals surface area contributed by atoms with Gasteiger partial charge in [0.15, 0.2) is 6.10 Å². The van der Waals surface area contributed by atoms with E-state index in [-0.39, 0.29) is 26.1 Å².